The summed E-state index contributed by atoms with van der Waals surface area (Å²) in [7, 11) is 0. The molecule has 0 saturated carbocycles. The highest BCUT2D eigenvalue weighted by Crippen LogP contribution is 2.34. The topological polar surface area (TPSA) is 97.0 Å². The molecule has 1 N–H and O–H groups in total. The Morgan fingerprint density at radius 3 is 2.57 bits per heavy atom. The van der Waals surface area contributed by atoms with E-state index in [1.807, 2.05) is 35.1 Å². The fourth-order valence-electron chi connectivity index (χ4n) is 4.86. The molecule has 6 rings (SSSR count). The van der Waals surface area contributed by atoms with E-state index >= 15 is 0 Å². The lowest BCUT2D eigenvalue weighted by Crippen LogP contribution is -2.38. The molecule has 4 aromatic heterocycles. The number of likely N-dealkylation sites (tertiary alicyclic amines) is 1. The summed E-state index contributed by atoms with van der Waals surface area (Å²) in [6, 6.07) is 14.4. The molecule has 0 bridgehead atoms. The number of rotatable bonds is 4. The Balaban J connectivity index is 1.36. The molecule has 184 valence electrons. The van der Waals surface area contributed by atoms with Crippen molar-refractivity contribution in [1.29, 1.82) is 0 Å². The van der Waals surface area contributed by atoms with Crippen molar-refractivity contribution in [2.75, 3.05) is 13.1 Å². The van der Waals surface area contributed by atoms with Crippen molar-refractivity contribution in [2.45, 2.75) is 18.9 Å². The highest BCUT2D eigenvalue weighted by Gasteiger charge is 2.24. The second-order valence-electron chi connectivity index (χ2n) is 9.08. The highest BCUT2D eigenvalue weighted by atomic mass is 19.1. The number of benzene rings is 1. The van der Waals surface area contributed by atoms with E-state index in [1.54, 1.807) is 43.0 Å². The van der Waals surface area contributed by atoms with Gasteiger partial charge >= 0.3 is 6.09 Å². The first-order valence-electron chi connectivity index (χ1n) is 12.1. The fraction of sp³-hybridized carbons (Fsp3) is 0.179. The Morgan fingerprint density at radius 1 is 0.946 bits per heavy atom. The Hall–Kier alpha value is -4.66. The maximum absolute atomic E-state index is 14.6. The Kier molecular flexibility index (Phi) is 5.80. The second kappa shape index (κ2) is 9.42. The summed E-state index contributed by atoms with van der Waals surface area (Å²) in [4.78, 5) is 26.2. The Bertz CT molecular complexity index is 1610. The molecule has 5 aromatic rings. The minimum Gasteiger partial charge on any atom is -0.465 e. The van der Waals surface area contributed by atoms with Gasteiger partial charge in [-0.3, -0.25) is 9.67 Å². The molecule has 1 fully saturated rings. The molecular formula is C28H23FN6O2. The molecule has 9 heteroatoms. The van der Waals surface area contributed by atoms with Gasteiger partial charge in [-0.1, -0.05) is 12.1 Å². The number of aromatic nitrogens is 5. The van der Waals surface area contributed by atoms with E-state index in [4.69, 9.17) is 0 Å². The molecule has 8 nitrogen and oxygen atoms in total. The first-order valence-corrected chi connectivity index (χ1v) is 12.1. The van der Waals surface area contributed by atoms with Crippen molar-refractivity contribution in [1.82, 2.24) is 29.6 Å². The van der Waals surface area contributed by atoms with Crippen LogP contribution in [-0.2, 0) is 0 Å². The number of hydrogen-bond donors (Lipinski definition) is 1. The van der Waals surface area contributed by atoms with Crippen molar-refractivity contribution in [3.8, 4) is 33.5 Å². The lowest BCUT2D eigenvalue weighted by molar-refractivity contribution is 0.124. The summed E-state index contributed by atoms with van der Waals surface area (Å²) in [5, 5.41) is 14.6. The van der Waals surface area contributed by atoms with Gasteiger partial charge in [-0.15, -0.1) is 0 Å². The molecule has 1 saturated heterocycles. The summed E-state index contributed by atoms with van der Waals surface area (Å²) < 4.78 is 16.5. The molecule has 1 amide bonds. The van der Waals surface area contributed by atoms with Crippen LogP contribution in [-0.4, -0.2) is 53.9 Å². The molecule has 1 aliphatic rings. The van der Waals surface area contributed by atoms with Gasteiger partial charge in [0.15, 0.2) is 5.65 Å². The van der Waals surface area contributed by atoms with Gasteiger partial charge in [0.2, 0.25) is 0 Å². The lowest BCUT2D eigenvalue weighted by Gasteiger charge is -2.30. The molecular weight excluding hydrogens is 471 g/mol. The zero-order valence-corrected chi connectivity index (χ0v) is 19.8. The van der Waals surface area contributed by atoms with E-state index in [2.05, 4.69) is 20.1 Å². The van der Waals surface area contributed by atoms with Crippen LogP contribution < -0.4 is 0 Å². The van der Waals surface area contributed by atoms with Crippen LogP contribution in [0.5, 0.6) is 0 Å². The Labute approximate surface area is 212 Å². The van der Waals surface area contributed by atoms with E-state index in [1.165, 1.54) is 11.0 Å². The van der Waals surface area contributed by atoms with Gasteiger partial charge < -0.3 is 10.0 Å². The fourth-order valence-corrected chi connectivity index (χ4v) is 4.86. The van der Waals surface area contributed by atoms with Crippen molar-refractivity contribution >= 4 is 17.1 Å². The number of halogens is 1. The number of pyridine rings is 3. The zero-order valence-electron chi connectivity index (χ0n) is 19.8. The largest absolute Gasteiger partial charge is 0.465 e. The van der Waals surface area contributed by atoms with Crippen LogP contribution in [0.3, 0.4) is 0 Å². The van der Waals surface area contributed by atoms with Gasteiger partial charge in [-0.05, 0) is 54.8 Å². The average Bonchev–Trinajstić information content (AvgIpc) is 3.43. The molecule has 0 aliphatic carbocycles. The van der Waals surface area contributed by atoms with Crippen LogP contribution >= 0.6 is 0 Å². The highest BCUT2D eigenvalue weighted by molar-refractivity contribution is 5.95. The third-order valence-corrected chi connectivity index (χ3v) is 6.83. The van der Waals surface area contributed by atoms with Gasteiger partial charge in [0, 0.05) is 65.5 Å². The van der Waals surface area contributed by atoms with E-state index in [9.17, 15) is 14.3 Å². The standard InChI is InChI=1S/C28H23FN6O2/c29-25-6-2-1-4-23(25)26-13-24(22-5-3-9-31-27(22)33-26)19-12-18(14-30-15-19)20-16-32-35(17-20)21-7-10-34(11-8-21)28(36)37/h1-6,9,12-17,21H,7-8,10-11H2,(H,36,37). The number of fused-ring (bicyclic) bond motifs is 1. The average molecular weight is 495 g/mol. The van der Waals surface area contributed by atoms with Crippen LogP contribution in [0.25, 0.3) is 44.5 Å². The van der Waals surface area contributed by atoms with Gasteiger partial charge in [-0.2, -0.15) is 5.10 Å². The predicted molar refractivity (Wildman–Crippen MR) is 137 cm³/mol. The third kappa shape index (κ3) is 4.40. The van der Waals surface area contributed by atoms with E-state index in [-0.39, 0.29) is 11.9 Å². The van der Waals surface area contributed by atoms with Gasteiger partial charge in [-0.25, -0.2) is 19.2 Å². The monoisotopic (exact) mass is 494 g/mol. The van der Waals surface area contributed by atoms with Gasteiger partial charge in [0.05, 0.1) is 17.9 Å². The van der Waals surface area contributed by atoms with Crippen LogP contribution in [0.2, 0.25) is 0 Å². The second-order valence-corrected chi connectivity index (χ2v) is 9.08. The lowest BCUT2D eigenvalue weighted by atomic mass is 9.99. The molecule has 0 spiro atoms. The number of hydrogen-bond acceptors (Lipinski definition) is 5. The number of nitrogens with zero attached hydrogens (tertiary/aromatic N) is 6. The summed E-state index contributed by atoms with van der Waals surface area (Å²) in [5.74, 6) is -0.343. The van der Waals surface area contributed by atoms with Gasteiger partial charge in [0.25, 0.3) is 0 Å². The normalized spacial score (nSPS) is 14.2. The predicted octanol–water partition coefficient (Wildman–Crippen LogP) is 5.68. The molecule has 0 radical (unpaired) electrons. The van der Waals surface area contributed by atoms with Crippen LogP contribution in [0, 0.1) is 5.82 Å². The molecule has 1 aliphatic heterocycles. The number of carboxylic acid groups (broad SMARTS) is 1. The van der Waals surface area contributed by atoms with E-state index in [0.717, 1.165) is 40.5 Å². The zero-order chi connectivity index (χ0) is 25.4. The van der Waals surface area contributed by atoms with Crippen molar-refractivity contribution in [2.24, 2.45) is 0 Å². The summed E-state index contributed by atoms with van der Waals surface area (Å²) in [6.45, 7) is 0.999. The summed E-state index contributed by atoms with van der Waals surface area (Å²) in [6.07, 6.45) is 9.61. The van der Waals surface area contributed by atoms with Crippen LogP contribution in [0.4, 0.5) is 9.18 Å². The Morgan fingerprint density at radius 2 is 1.76 bits per heavy atom. The molecule has 0 atom stereocenters. The number of amides is 1. The third-order valence-electron chi connectivity index (χ3n) is 6.83. The van der Waals surface area contributed by atoms with Gasteiger partial charge in [0.1, 0.15) is 5.82 Å². The molecule has 37 heavy (non-hydrogen) atoms. The maximum Gasteiger partial charge on any atom is 0.407 e. The summed E-state index contributed by atoms with van der Waals surface area (Å²) >= 11 is 0. The molecule has 0 unspecified atom stereocenters. The van der Waals surface area contributed by atoms with Crippen molar-refractivity contribution in [3.63, 3.8) is 0 Å². The number of carbonyl (C=O) groups is 1. The first-order chi connectivity index (χ1) is 18.1. The number of piperidine rings is 1. The smallest absolute Gasteiger partial charge is 0.407 e. The van der Waals surface area contributed by atoms with E-state index in [0.29, 0.717) is 30.0 Å². The first kappa shape index (κ1) is 22.8. The quantitative estimate of drug-likeness (QED) is 0.345. The molecule has 5 heterocycles. The maximum atomic E-state index is 14.6. The van der Waals surface area contributed by atoms with Crippen LogP contribution in [0.1, 0.15) is 18.9 Å². The van der Waals surface area contributed by atoms with Crippen molar-refractivity contribution < 1.29 is 14.3 Å². The minimum absolute atomic E-state index is 0.152. The SMILES string of the molecule is O=C(O)N1CCC(n2cc(-c3cncc(-c4cc(-c5ccccc5F)nc5ncccc45)c3)cn2)CC1. The van der Waals surface area contributed by atoms with Crippen molar-refractivity contribution in [3.05, 3.63) is 85.3 Å². The molecule has 1 aromatic carbocycles. The van der Waals surface area contributed by atoms with E-state index < -0.39 is 6.09 Å². The minimum atomic E-state index is -0.875. The summed E-state index contributed by atoms with van der Waals surface area (Å²) in [5.41, 5.74) is 4.98. The van der Waals surface area contributed by atoms with Crippen LogP contribution in [0.15, 0.2) is 79.5 Å².